The minimum atomic E-state index is -1.25. The molecule has 7 nitrogen and oxygen atoms in total. The van der Waals surface area contributed by atoms with Gasteiger partial charge in [-0.25, -0.2) is 13.6 Å². The van der Waals surface area contributed by atoms with Gasteiger partial charge in [-0.15, -0.1) is 0 Å². The standard InChI is InChI=1S/C19H17F2NO6/c1-11(19(25)22-15-5-4-13(20)8-14(15)21)28-18(24)10-27-16-6-3-12(9-23)7-17(16)26-2/h3-9,11H,10H2,1-2H3,(H,22,25)/t11-/m1/s1. The van der Waals surface area contributed by atoms with Crippen molar-refractivity contribution in [2.45, 2.75) is 13.0 Å². The van der Waals surface area contributed by atoms with Crippen LogP contribution >= 0.6 is 0 Å². The highest BCUT2D eigenvalue weighted by Gasteiger charge is 2.20. The zero-order chi connectivity index (χ0) is 20.7. The van der Waals surface area contributed by atoms with Crippen LogP contribution in [-0.2, 0) is 14.3 Å². The second-order valence-corrected chi connectivity index (χ2v) is 5.56. The Hall–Kier alpha value is -3.49. The topological polar surface area (TPSA) is 90.9 Å². The van der Waals surface area contributed by atoms with Gasteiger partial charge in [0.1, 0.15) is 17.9 Å². The van der Waals surface area contributed by atoms with E-state index < -0.39 is 36.2 Å². The predicted molar refractivity (Wildman–Crippen MR) is 94.4 cm³/mol. The number of aldehydes is 1. The van der Waals surface area contributed by atoms with Crippen LogP contribution in [0.5, 0.6) is 11.5 Å². The number of halogens is 2. The molecule has 0 radical (unpaired) electrons. The van der Waals surface area contributed by atoms with Crippen molar-refractivity contribution >= 4 is 23.9 Å². The van der Waals surface area contributed by atoms with Crippen molar-refractivity contribution in [2.75, 3.05) is 19.0 Å². The molecule has 0 saturated heterocycles. The fraction of sp³-hybridized carbons (Fsp3) is 0.211. The summed E-state index contributed by atoms with van der Waals surface area (Å²) >= 11 is 0. The summed E-state index contributed by atoms with van der Waals surface area (Å²) in [4.78, 5) is 34.6. The molecule has 0 bridgehead atoms. The molecule has 0 fully saturated rings. The molecule has 1 amide bonds. The van der Waals surface area contributed by atoms with Gasteiger partial charge in [-0.3, -0.25) is 9.59 Å². The molecular weight excluding hydrogens is 376 g/mol. The molecule has 2 aromatic carbocycles. The Balaban J connectivity index is 1.90. The number of benzene rings is 2. The zero-order valence-corrected chi connectivity index (χ0v) is 15.0. The predicted octanol–water partition coefficient (Wildman–Crippen LogP) is 2.74. The van der Waals surface area contributed by atoms with Crippen molar-refractivity contribution in [3.8, 4) is 11.5 Å². The Morgan fingerprint density at radius 3 is 2.54 bits per heavy atom. The largest absolute Gasteiger partial charge is 0.493 e. The van der Waals surface area contributed by atoms with Crippen LogP contribution in [0.2, 0.25) is 0 Å². The number of ether oxygens (including phenoxy) is 3. The molecule has 148 valence electrons. The van der Waals surface area contributed by atoms with Crippen molar-refractivity contribution < 1.29 is 37.4 Å². The molecule has 0 spiro atoms. The van der Waals surface area contributed by atoms with Crippen LogP contribution < -0.4 is 14.8 Å². The number of rotatable bonds is 8. The summed E-state index contributed by atoms with van der Waals surface area (Å²) in [5.74, 6) is -2.95. The monoisotopic (exact) mass is 393 g/mol. The Kier molecular flexibility index (Phi) is 7.02. The van der Waals surface area contributed by atoms with Crippen LogP contribution in [0.25, 0.3) is 0 Å². The molecule has 0 heterocycles. The van der Waals surface area contributed by atoms with E-state index in [0.29, 0.717) is 17.9 Å². The van der Waals surface area contributed by atoms with Gasteiger partial charge < -0.3 is 19.5 Å². The molecule has 1 N–H and O–H groups in total. The fourth-order valence-corrected chi connectivity index (χ4v) is 2.12. The molecule has 0 aliphatic rings. The number of carbonyl (C=O) groups is 3. The number of hydrogen-bond donors (Lipinski definition) is 1. The van der Waals surface area contributed by atoms with Gasteiger partial charge in [-0.2, -0.15) is 0 Å². The molecule has 28 heavy (non-hydrogen) atoms. The van der Waals surface area contributed by atoms with Gasteiger partial charge in [0.2, 0.25) is 0 Å². The lowest BCUT2D eigenvalue weighted by Crippen LogP contribution is -2.32. The van der Waals surface area contributed by atoms with E-state index in [1.165, 1.54) is 32.2 Å². The molecule has 0 saturated carbocycles. The first kappa shape index (κ1) is 20.8. The molecule has 2 aromatic rings. The van der Waals surface area contributed by atoms with Gasteiger partial charge in [0.05, 0.1) is 12.8 Å². The van der Waals surface area contributed by atoms with Crippen LogP contribution in [0, 0.1) is 11.6 Å². The third-order valence-corrected chi connectivity index (χ3v) is 3.54. The SMILES string of the molecule is COc1cc(C=O)ccc1OCC(=O)O[C@H](C)C(=O)Nc1ccc(F)cc1F. The minimum Gasteiger partial charge on any atom is -0.493 e. The summed E-state index contributed by atoms with van der Waals surface area (Å²) in [7, 11) is 1.37. The average Bonchev–Trinajstić information content (AvgIpc) is 2.68. The molecule has 0 aliphatic carbocycles. The Morgan fingerprint density at radius 2 is 1.89 bits per heavy atom. The Bertz CT molecular complexity index is 887. The van der Waals surface area contributed by atoms with E-state index in [2.05, 4.69) is 5.32 Å². The maximum absolute atomic E-state index is 13.6. The van der Waals surface area contributed by atoms with Crippen LogP contribution in [0.3, 0.4) is 0 Å². The lowest BCUT2D eigenvalue weighted by molar-refractivity contribution is -0.155. The van der Waals surface area contributed by atoms with Crippen molar-refractivity contribution in [2.24, 2.45) is 0 Å². The summed E-state index contributed by atoms with van der Waals surface area (Å²) in [6.45, 7) is 0.757. The van der Waals surface area contributed by atoms with Crippen LogP contribution in [0.1, 0.15) is 17.3 Å². The van der Waals surface area contributed by atoms with Crippen LogP contribution in [0.15, 0.2) is 36.4 Å². The second-order valence-electron chi connectivity index (χ2n) is 5.56. The van der Waals surface area contributed by atoms with Gasteiger partial charge in [0.15, 0.2) is 24.2 Å². The van der Waals surface area contributed by atoms with Gasteiger partial charge >= 0.3 is 5.97 Å². The van der Waals surface area contributed by atoms with Crippen molar-refractivity contribution in [1.29, 1.82) is 0 Å². The quantitative estimate of drug-likeness (QED) is 0.548. The normalized spacial score (nSPS) is 11.3. The highest BCUT2D eigenvalue weighted by atomic mass is 19.1. The molecule has 0 aromatic heterocycles. The summed E-state index contributed by atoms with van der Waals surface area (Å²) in [6.07, 6.45) is -0.620. The zero-order valence-electron chi connectivity index (χ0n) is 15.0. The maximum Gasteiger partial charge on any atom is 0.344 e. The Labute approximate surface area is 159 Å². The van der Waals surface area contributed by atoms with E-state index in [0.717, 1.165) is 12.1 Å². The smallest absolute Gasteiger partial charge is 0.344 e. The van der Waals surface area contributed by atoms with E-state index in [-0.39, 0.29) is 17.2 Å². The first-order chi connectivity index (χ1) is 13.3. The highest BCUT2D eigenvalue weighted by Crippen LogP contribution is 2.27. The lowest BCUT2D eigenvalue weighted by atomic mass is 10.2. The highest BCUT2D eigenvalue weighted by molar-refractivity contribution is 5.95. The molecular formula is C19H17F2NO6. The number of hydrogen-bond acceptors (Lipinski definition) is 6. The number of esters is 1. The van der Waals surface area contributed by atoms with E-state index in [1.54, 1.807) is 0 Å². The van der Waals surface area contributed by atoms with Gasteiger partial charge in [-0.1, -0.05) is 0 Å². The number of methoxy groups -OCH3 is 1. The number of nitrogens with one attached hydrogen (secondary N) is 1. The first-order valence-corrected chi connectivity index (χ1v) is 8.05. The maximum atomic E-state index is 13.6. The fourth-order valence-electron chi connectivity index (χ4n) is 2.12. The number of amides is 1. The third-order valence-electron chi connectivity index (χ3n) is 3.54. The molecule has 2 rings (SSSR count). The lowest BCUT2D eigenvalue weighted by Gasteiger charge is -2.15. The van der Waals surface area contributed by atoms with Crippen molar-refractivity contribution in [3.05, 3.63) is 53.6 Å². The van der Waals surface area contributed by atoms with E-state index >= 15 is 0 Å². The second kappa shape index (κ2) is 9.45. The van der Waals surface area contributed by atoms with Crippen LogP contribution in [-0.4, -0.2) is 38.0 Å². The summed E-state index contributed by atoms with van der Waals surface area (Å²) < 4.78 is 41.7. The van der Waals surface area contributed by atoms with Crippen LogP contribution in [0.4, 0.5) is 14.5 Å². The average molecular weight is 393 g/mol. The summed E-state index contributed by atoms with van der Waals surface area (Å²) in [5, 5.41) is 2.20. The molecule has 0 aliphatic heterocycles. The van der Waals surface area contributed by atoms with E-state index in [9.17, 15) is 23.2 Å². The third kappa shape index (κ3) is 5.50. The van der Waals surface area contributed by atoms with Gasteiger partial charge in [0, 0.05) is 11.6 Å². The van der Waals surface area contributed by atoms with Crippen molar-refractivity contribution in [1.82, 2.24) is 0 Å². The Morgan fingerprint density at radius 1 is 1.14 bits per heavy atom. The summed E-state index contributed by atoms with van der Waals surface area (Å²) in [5.41, 5.74) is 0.121. The first-order valence-electron chi connectivity index (χ1n) is 8.05. The number of carbonyl (C=O) groups excluding carboxylic acids is 3. The number of anilines is 1. The van der Waals surface area contributed by atoms with E-state index in [1.807, 2.05) is 0 Å². The van der Waals surface area contributed by atoms with E-state index in [4.69, 9.17) is 14.2 Å². The van der Waals surface area contributed by atoms with Gasteiger partial charge in [0.25, 0.3) is 5.91 Å². The van der Waals surface area contributed by atoms with Gasteiger partial charge in [-0.05, 0) is 37.3 Å². The van der Waals surface area contributed by atoms with Crippen molar-refractivity contribution in [3.63, 3.8) is 0 Å². The summed E-state index contributed by atoms with van der Waals surface area (Å²) in [6, 6.07) is 7.00. The minimum absolute atomic E-state index is 0.204. The molecule has 9 heteroatoms. The molecule has 1 atom stereocenters. The molecule has 0 unspecified atom stereocenters.